The lowest BCUT2D eigenvalue weighted by atomic mass is 9.93. The van der Waals surface area contributed by atoms with Gasteiger partial charge in [0.2, 0.25) is 0 Å². The largest absolute Gasteiger partial charge is 0.497 e. The van der Waals surface area contributed by atoms with Crippen LogP contribution < -0.4 is 19.9 Å². The molecule has 0 unspecified atom stereocenters. The summed E-state index contributed by atoms with van der Waals surface area (Å²) in [7, 11) is 1.72. The zero-order chi connectivity index (χ0) is 19.8. The van der Waals surface area contributed by atoms with Gasteiger partial charge in [0.25, 0.3) is 0 Å². The first-order valence-electron chi connectivity index (χ1n) is 9.96. The summed E-state index contributed by atoms with van der Waals surface area (Å²) in [5, 5.41) is 9.98. The molecule has 2 aromatic rings. The van der Waals surface area contributed by atoms with Crippen molar-refractivity contribution in [1.82, 2.24) is 9.71 Å². The molecule has 1 aromatic carbocycles. The number of rotatable bonds is 11. The molecule has 1 aliphatic carbocycles. The normalized spacial score (nSPS) is 13.2. The molecule has 0 saturated carbocycles. The Hall–Kier alpha value is -1.54. The minimum absolute atomic E-state index is 0.921. The first-order chi connectivity index (χ1) is 13.7. The standard InChI is InChI=1S/C21H30N4OS2/c1-3-7-16(8-5-4-6-13-23-28-22)24-21-25-20-18-11-10-17(26-2)14-15(18)9-12-19(20)27-21/h7,10-11,14,23H,3-6,8-9,12-13,22H2,1-2H3,(H,24,25)/b16-7-. The maximum atomic E-state index is 5.38. The third kappa shape index (κ3) is 5.50. The third-order valence-corrected chi connectivity index (χ3v) is 6.31. The van der Waals surface area contributed by atoms with Gasteiger partial charge in [-0.3, -0.25) is 9.86 Å². The van der Waals surface area contributed by atoms with Crippen LogP contribution in [0, 0.1) is 0 Å². The summed E-state index contributed by atoms with van der Waals surface area (Å²) in [5.74, 6) is 0.921. The number of unbranched alkanes of at least 4 members (excludes halogenated alkanes) is 2. The lowest BCUT2D eigenvalue weighted by Gasteiger charge is -2.15. The number of thiazole rings is 1. The van der Waals surface area contributed by atoms with E-state index in [2.05, 4.69) is 35.2 Å². The summed E-state index contributed by atoms with van der Waals surface area (Å²) < 4.78 is 8.46. The number of hydrogen-bond acceptors (Lipinski definition) is 7. The maximum Gasteiger partial charge on any atom is 0.187 e. The van der Waals surface area contributed by atoms with Crippen LogP contribution in [0.2, 0.25) is 0 Å². The summed E-state index contributed by atoms with van der Waals surface area (Å²) >= 11 is 2.99. The highest BCUT2D eigenvalue weighted by atomic mass is 32.2. The summed E-state index contributed by atoms with van der Waals surface area (Å²) in [6, 6.07) is 6.32. The van der Waals surface area contributed by atoms with Crippen molar-refractivity contribution in [2.24, 2.45) is 5.14 Å². The van der Waals surface area contributed by atoms with Gasteiger partial charge in [-0.2, -0.15) is 0 Å². The quantitative estimate of drug-likeness (QED) is 0.340. The summed E-state index contributed by atoms with van der Waals surface area (Å²) in [5.41, 5.74) is 5.00. The number of ether oxygens (including phenoxy) is 1. The Morgan fingerprint density at radius 3 is 3.00 bits per heavy atom. The minimum Gasteiger partial charge on any atom is -0.497 e. The van der Waals surface area contributed by atoms with Crippen molar-refractivity contribution >= 4 is 28.6 Å². The van der Waals surface area contributed by atoms with Gasteiger partial charge < -0.3 is 10.1 Å². The van der Waals surface area contributed by atoms with E-state index in [9.17, 15) is 0 Å². The van der Waals surface area contributed by atoms with Crippen molar-refractivity contribution in [1.29, 1.82) is 0 Å². The monoisotopic (exact) mass is 418 g/mol. The van der Waals surface area contributed by atoms with E-state index in [0.29, 0.717) is 0 Å². The molecule has 0 spiro atoms. The van der Waals surface area contributed by atoms with E-state index < -0.39 is 0 Å². The average Bonchev–Trinajstić information content (AvgIpc) is 3.13. The summed E-state index contributed by atoms with van der Waals surface area (Å²) in [6.07, 6.45) is 9.98. The van der Waals surface area contributed by atoms with Crippen molar-refractivity contribution in [2.75, 3.05) is 19.0 Å². The number of benzene rings is 1. The molecule has 0 fully saturated rings. The second kappa shape index (κ2) is 10.9. The molecule has 5 nitrogen and oxygen atoms in total. The fourth-order valence-corrected chi connectivity index (χ4v) is 4.79. The smallest absolute Gasteiger partial charge is 0.187 e. The Morgan fingerprint density at radius 1 is 1.32 bits per heavy atom. The van der Waals surface area contributed by atoms with Crippen LogP contribution in [0.4, 0.5) is 5.13 Å². The van der Waals surface area contributed by atoms with Crippen LogP contribution in [-0.2, 0) is 12.8 Å². The highest BCUT2D eigenvalue weighted by Gasteiger charge is 2.21. The zero-order valence-electron chi connectivity index (χ0n) is 16.7. The molecule has 0 saturated heterocycles. The van der Waals surface area contributed by atoms with Gasteiger partial charge in [-0.1, -0.05) is 19.4 Å². The zero-order valence-corrected chi connectivity index (χ0v) is 18.3. The van der Waals surface area contributed by atoms with E-state index in [4.69, 9.17) is 14.9 Å². The average molecular weight is 419 g/mol. The molecule has 0 bridgehead atoms. The molecule has 0 aliphatic heterocycles. The lowest BCUT2D eigenvalue weighted by Crippen LogP contribution is -2.08. The number of nitrogens with zero attached hydrogens (tertiary/aromatic N) is 1. The molecule has 1 aromatic heterocycles. The van der Waals surface area contributed by atoms with Gasteiger partial charge >= 0.3 is 0 Å². The second-order valence-electron chi connectivity index (χ2n) is 6.90. The molecule has 1 heterocycles. The van der Waals surface area contributed by atoms with Crippen LogP contribution in [0.3, 0.4) is 0 Å². The molecule has 28 heavy (non-hydrogen) atoms. The molecular formula is C21H30N4OS2. The second-order valence-corrected chi connectivity index (χ2v) is 8.51. The van der Waals surface area contributed by atoms with E-state index in [1.165, 1.54) is 46.7 Å². The first kappa shape index (κ1) is 21.2. The predicted octanol–water partition coefficient (Wildman–Crippen LogP) is 5.30. The topological polar surface area (TPSA) is 72.2 Å². The molecule has 7 heteroatoms. The number of anilines is 1. The molecule has 3 rings (SSSR count). The van der Waals surface area contributed by atoms with E-state index in [1.54, 1.807) is 18.4 Å². The number of fused-ring (bicyclic) bond motifs is 3. The van der Waals surface area contributed by atoms with Crippen molar-refractivity contribution in [3.63, 3.8) is 0 Å². The first-order valence-corrected chi connectivity index (χ1v) is 11.7. The minimum atomic E-state index is 0.921. The Labute approximate surface area is 176 Å². The molecule has 0 atom stereocenters. The van der Waals surface area contributed by atoms with Gasteiger partial charge in [-0.05, 0) is 62.3 Å². The Kier molecular flexibility index (Phi) is 8.21. The number of methoxy groups -OCH3 is 1. The van der Waals surface area contributed by atoms with Crippen LogP contribution in [0.1, 0.15) is 49.5 Å². The van der Waals surface area contributed by atoms with Gasteiger partial charge in [0.15, 0.2) is 5.13 Å². The highest BCUT2D eigenvalue weighted by Crippen LogP contribution is 2.39. The number of aromatic nitrogens is 1. The lowest BCUT2D eigenvalue weighted by molar-refractivity contribution is 0.414. The summed E-state index contributed by atoms with van der Waals surface area (Å²) in [6.45, 7) is 3.14. The number of allylic oxidation sites excluding steroid dienone is 2. The molecule has 0 amide bonds. The van der Waals surface area contributed by atoms with Crippen LogP contribution in [0.5, 0.6) is 5.75 Å². The van der Waals surface area contributed by atoms with Crippen molar-refractivity contribution in [2.45, 2.75) is 51.9 Å². The molecule has 0 radical (unpaired) electrons. The third-order valence-electron chi connectivity index (χ3n) is 4.91. The van der Waals surface area contributed by atoms with E-state index >= 15 is 0 Å². The van der Waals surface area contributed by atoms with E-state index in [0.717, 1.165) is 55.2 Å². The number of aryl methyl sites for hydroxylation is 2. The van der Waals surface area contributed by atoms with Gasteiger partial charge in [-0.15, -0.1) is 11.3 Å². The summed E-state index contributed by atoms with van der Waals surface area (Å²) in [4.78, 5) is 6.31. The fraction of sp³-hybridized carbons (Fsp3) is 0.476. The Balaban J connectivity index is 1.64. The predicted molar refractivity (Wildman–Crippen MR) is 122 cm³/mol. The van der Waals surface area contributed by atoms with Gasteiger partial charge in [0.1, 0.15) is 5.75 Å². The van der Waals surface area contributed by atoms with E-state index in [1.807, 2.05) is 6.07 Å². The van der Waals surface area contributed by atoms with Gasteiger partial charge in [0.05, 0.1) is 12.8 Å². The fourth-order valence-electron chi connectivity index (χ4n) is 3.52. The van der Waals surface area contributed by atoms with Gasteiger partial charge in [0, 0.05) is 34.8 Å². The Morgan fingerprint density at radius 2 is 2.21 bits per heavy atom. The van der Waals surface area contributed by atoms with Crippen LogP contribution >= 0.6 is 23.5 Å². The van der Waals surface area contributed by atoms with Crippen molar-refractivity contribution in [3.05, 3.63) is 40.4 Å². The van der Waals surface area contributed by atoms with Crippen molar-refractivity contribution < 1.29 is 4.74 Å². The van der Waals surface area contributed by atoms with Crippen LogP contribution in [0.25, 0.3) is 11.3 Å². The highest BCUT2D eigenvalue weighted by molar-refractivity contribution is 7.95. The molecule has 4 N–H and O–H groups in total. The van der Waals surface area contributed by atoms with Gasteiger partial charge in [-0.25, -0.2) is 4.98 Å². The number of nitrogens with two attached hydrogens (primary N) is 1. The number of hydrogen-bond donors (Lipinski definition) is 3. The number of nitrogens with one attached hydrogen (secondary N) is 2. The van der Waals surface area contributed by atoms with E-state index in [-0.39, 0.29) is 0 Å². The maximum absolute atomic E-state index is 5.38. The molecule has 1 aliphatic rings. The van der Waals surface area contributed by atoms with Crippen LogP contribution in [-0.4, -0.2) is 18.6 Å². The SMILES string of the molecule is CC/C=C(/CCCCCNSN)Nc1nc2c(s1)CCc1cc(OC)ccc1-2. The molecule has 152 valence electrons. The van der Waals surface area contributed by atoms with Crippen LogP contribution in [0.15, 0.2) is 30.0 Å². The Bertz CT molecular complexity index is 804. The van der Waals surface area contributed by atoms with Crippen molar-refractivity contribution in [3.8, 4) is 17.0 Å². The molecular weight excluding hydrogens is 388 g/mol.